The van der Waals surface area contributed by atoms with Crippen molar-refractivity contribution < 1.29 is 4.74 Å². The molecule has 0 radical (unpaired) electrons. The molecule has 1 unspecified atom stereocenters. The Morgan fingerprint density at radius 1 is 1.05 bits per heavy atom. The minimum atomic E-state index is 0.364. The van der Waals surface area contributed by atoms with E-state index in [2.05, 4.69) is 53.7 Å². The molecule has 0 aliphatic carbocycles. The summed E-state index contributed by atoms with van der Waals surface area (Å²) in [4.78, 5) is 2.24. The number of nitrogens with one attached hydrogen (secondary N) is 1. The summed E-state index contributed by atoms with van der Waals surface area (Å²) in [7, 11) is 5.84. The van der Waals surface area contributed by atoms with Crippen molar-refractivity contribution in [2.45, 2.75) is 12.5 Å². The van der Waals surface area contributed by atoms with Crippen molar-refractivity contribution in [1.82, 2.24) is 5.32 Å². The van der Waals surface area contributed by atoms with E-state index in [1.165, 1.54) is 5.56 Å². The minimum Gasteiger partial charge on any atom is -0.495 e. The Morgan fingerprint density at radius 2 is 1.71 bits per heavy atom. The molecule has 0 fully saturated rings. The first-order valence-corrected chi connectivity index (χ1v) is 7.32. The molecule has 3 nitrogen and oxygen atoms in total. The van der Waals surface area contributed by atoms with Crippen LogP contribution in [-0.4, -0.2) is 27.7 Å². The average molecular weight is 284 g/mol. The first-order chi connectivity index (χ1) is 10.3. The van der Waals surface area contributed by atoms with Gasteiger partial charge in [0, 0.05) is 19.6 Å². The molecule has 1 N–H and O–H groups in total. The van der Waals surface area contributed by atoms with Crippen LogP contribution in [0.2, 0.25) is 0 Å². The fourth-order valence-corrected chi connectivity index (χ4v) is 2.55. The second-order valence-electron chi connectivity index (χ2n) is 5.13. The van der Waals surface area contributed by atoms with Crippen LogP contribution in [0.15, 0.2) is 54.6 Å². The molecule has 0 aliphatic heterocycles. The molecule has 0 aliphatic rings. The van der Waals surface area contributed by atoms with Crippen LogP contribution < -0.4 is 15.0 Å². The Kier molecular flexibility index (Phi) is 5.64. The summed E-state index contributed by atoms with van der Waals surface area (Å²) in [6.45, 7) is 0.959. The van der Waals surface area contributed by atoms with Crippen molar-refractivity contribution in [3.63, 3.8) is 0 Å². The quantitative estimate of drug-likeness (QED) is 0.842. The fourth-order valence-electron chi connectivity index (χ4n) is 2.55. The SMILES string of the molecule is CNC(CCN(C)c1ccccc1OC)c1ccccc1. The average Bonchev–Trinajstić information content (AvgIpc) is 2.56. The Hall–Kier alpha value is -2.00. The van der Waals surface area contributed by atoms with Crippen molar-refractivity contribution in [3.8, 4) is 5.75 Å². The fraction of sp³-hybridized carbons (Fsp3) is 0.333. The molecule has 112 valence electrons. The Labute approximate surface area is 127 Å². The van der Waals surface area contributed by atoms with E-state index in [-0.39, 0.29) is 0 Å². The van der Waals surface area contributed by atoms with Crippen LogP contribution in [-0.2, 0) is 0 Å². The van der Waals surface area contributed by atoms with Crippen LogP contribution in [0.4, 0.5) is 5.69 Å². The van der Waals surface area contributed by atoms with E-state index < -0.39 is 0 Å². The van der Waals surface area contributed by atoms with E-state index in [0.717, 1.165) is 24.4 Å². The lowest BCUT2D eigenvalue weighted by atomic mass is 10.0. The van der Waals surface area contributed by atoms with Gasteiger partial charge in [-0.25, -0.2) is 0 Å². The third kappa shape index (κ3) is 3.99. The Balaban J connectivity index is 2.01. The number of methoxy groups -OCH3 is 1. The monoisotopic (exact) mass is 284 g/mol. The molecule has 21 heavy (non-hydrogen) atoms. The maximum absolute atomic E-state index is 5.43. The number of ether oxygens (including phenoxy) is 1. The highest BCUT2D eigenvalue weighted by Gasteiger charge is 2.12. The summed E-state index contributed by atoms with van der Waals surface area (Å²) in [5, 5.41) is 3.40. The largest absolute Gasteiger partial charge is 0.495 e. The highest BCUT2D eigenvalue weighted by atomic mass is 16.5. The topological polar surface area (TPSA) is 24.5 Å². The predicted octanol–water partition coefficient (Wildman–Crippen LogP) is 3.48. The Morgan fingerprint density at radius 3 is 2.38 bits per heavy atom. The van der Waals surface area contributed by atoms with Gasteiger partial charge >= 0.3 is 0 Å². The van der Waals surface area contributed by atoms with Crippen LogP contribution in [0.25, 0.3) is 0 Å². The van der Waals surface area contributed by atoms with Crippen molar-refractivity contribution in [2.75, 3.05) is 32.6 Å². The van der Waals surface area contributed by atoms with Gasteiger partial charge in [-0.15, -0.1) is 0 Å². The normalized spacial score (nSPS) is 12.0. The molecule has 3 heteroatoms. The number of nitrogens with zero attached hydrogens (tertiary/aromatic N) is 1. The van der Waals surface area contributed by atoms with Gasteiger partial charge in [0.1, 0.15) is 5.75 Å². The van der Waals surface area contributed by atoms with E-state index in [0.29, 0.717) is 6.04 Å². The number of hydrogen-bond acceptors (Lipinski definition) is 3. The van der Waals surface area contributed by atoms with Gasteiger partial charge in [-0.2, -0.15) is 0 Å². The zero-order valence-corrected chi connectivity index (χ0v) is 13.0. The van der Waals surface area contributed by atoms with Gasteiger partial charge < -0.3 is 15.0 Å². The molecular weight excluding hydrogens is 260 g/mol. The molecule has 2 aromatic carbocycles. The van der Waals surface area contributed by atoms with Crippen LogP contribution >= 0.6 is 0 Å². The summed E-state index contributed by atoms with van der Waals surface area (Å²) in [5.74, 6) is 0.917. The summed E-state index contributed by atoms with van der Waals surface area (Å²) < 4.78 is 5.43. The molecule has 2 rings (SSSR count). The van der Waals surface area contributed by atoms with E-state index in [9.17, 15) is 0 Å². The van der Waals surface area contributed by atoms with Gasteiger partial charge in [0.05, 0.1) is 12.8 Å². The van der Waals surface area contributed by atoms with Crippen LogP contribution in [0.1, 0.15) is 18.0 Å². The van der Waals surface area contributed by atoms with Crippen molar-refractivity contribution in [1.29, 1.82) is 0 Å². The molecule has 0 saturated heterocycles. The maximum Gasteiger partial charge on any atom is 0.142 e. The second-order valence-corrected chi connectivity index (χ2v) is 5.13. The first kappa shape index (κ1) is 15.4. The Bertz CT molecular complexity index is 542. The van der Waals surface area contributed by atoms with Crippen LogP contribution in [0.5, 0.6) is 5.75 Å². The standard InChI is InChI=1S/C18H24N2O/c1-19-16(15-9-5-4-6-10-15)13-14-20(2)17-11-7-8-12-18(17)21-3/h4-12,16,19H,13-14H2,1-3H3. The van der Waals surface area contributed by atoms with E-state index >= 15 is 0 Å². The molecule has 0 spiro atoms. The first-order valence-electron chi connectivity index (χ1n) is 7.32. The smallest absolute Gasteiger partial charge is 0.142 e. The summed E-state index contributed by atoms with van der Waals surface area (Å²) in [5.41, 5.74) is 2.45. The number of benzene rings is 2. The van der Waals surface area contributed by atoms with Crippen molar-refractivity contribution >= 4 is 5.69 Å². The lowest BCUT2D eigenvalue weighted by molar-refractivity contribution is 0.414. The summed E-state index contributed by atoms with van der Waals surface area (Å²) in [6.07, 6.45) is 1.04. The predicted molar refractivity (Wildman–Crippen MR) is 89.1 cm³/mol. The lowest BCUT2D eigenvalue weighted by Gasteiger charge is -2.24. The summed E-state index contributed by atoms with van der Waals surface area (Å²) in [6, 6.07) is 19.1. The zero-order valence-electron chi connectivity index (χ0n) is 13.0. The third-order valence-corrected chi connectivity index (χ3v) is 3.80. The number of para-hydroxylation sites is 2. The third-order valence-electron chi connectivity index (χ3n) is 3.80. The molecule has 0 saturated carbocycles. The molecule has 0 aromatic heterocycles. The molecule has 2 aromatic rings. The van der Waals surface area contributed by atoms with Crippen LogP contribution in [0.3, 0.4) is 0 Å². The summed E-state index contributed by atoms with van der Waals surface area (Å²) >= 11 is 0. The number of hydrogen-bond donors (Lipinski definition) is 1. The van der Waals surface area contributed by atoms with E-state index in [1.807, 2.05) is 25.2 Å². The second kappa shape index (κ2) is 7.70. The molecule has 1 atom stereocenters. The van der Waals surface area contributed by atoms with Gasteiger partial charge in [0.25, 0.3) is 0 Å². The lowest BCUT2D eigenvalue weighted by Crippen LogP contribution is -2.25. The van der Waals surface area contributed by atoms with Gasteiger partial charge in [0.15, 0.2) is 0 Å². The van der Waals surface area contributed by atoms with Gasteiger partial charge in [-0.3, -0.25) is 0 Å². The molecule has 0 bridgehead atoms. The van der Waals surface area contributed by atoms with Gasteiger partial charge in [-0.05, 0) is 31.2 Å². The van der Waals surface area contributed by atoms with Crippen molar-refractivity contribution in [2.24, 2.45) is 0 Å². The van der Waals surface area contributed by atoms with E-state index in [4.69, 9.17) is 4.74 Å². The van der Waals surface area contributed by atoms with Gasteiger partial charge in [0.2, 0.25) is 0 Å². The van der Waals surface area contributed by atoms with Crippen molar-refractivity contribution in [3.05, 3.63) is 60.2 Å². The molecule has 0 amide bonds. The maximum atomic E-state index is 5.43. The molecular formula is C18H24N2O. The highest BCUT2D eigenvalue weighted by Crippen LogP contribution is 2.27. The zero-order chi connectivity index (χ0) is 15.1. The molecule has 0 heterocycles. The number of anilines is 1. The minimum absolute atomic E-state index is 0.364. The number of rotatable bonds is 7. The van der Waals surface area contributed by atoms with Crippen LogP contribution in [0, 0.1) is 0 Å². The highest BCUT2D eigenvalue weighted by molar-refractivity contribution is 5.57. The van der Waals surface area contributed by atoms with Gasteiger partial charge in [-0.1, -0.05) is 42.5 Å². The van der Waals surface area contributed by atoms with E-state index in [1.54, 1.807) is 7.11 Å².